The molecule has 0 N–H and O–H groups in total. The second-order valence-electron chi connectivity index (χ2n) is 8.26. The molecule has 0 aliphatic carbocycles. The first-order valence-corrected chi connectivity index (χ1v) is 13.0. The number of ether oxygens (including phenoxy) is 2. The number of aryl methyl sites for hydroxylation is 1. The third kappa shape index (κ3) is 5.34. The number of carbonyl (C=O) groups is 2. The highest BCUT2D eigenvalue weighted by Gasteiger charge is 2.23. The molecule has 1 atom stereocenters. The summed E-state index contributed by atoms with van der Waals surface area (Å²) in [5.74, 6) is -1.23. The summed E-state index contributed by atoms with van der Waals surface area (Å²) < 4.78 is 14.2. The van der Waals surface area contributed by atoms with Crippen molar-refractivity contribution in [2.75, 3.05) is 19.5 Å². The minimum absolute atomic E-state index is 0.0234. The Bertz CT molecular complexity index is 1500. The summed E-state index contributed by atoms with van der Waals surface area (Å²) in [6.45, 7) is 4.58. The number of esters is 1. The number of fused-ring (bicyclic) bond motifs is 2. The van der Waals surface area contributed by atoms with Gasteiger partial charge in [0.15, 0.2) is 5.49 Å². The molecule has 0 aromatic carbocycles. The van der Waals surface area contributed by atoms with Crippen molar-refractivity contribution in [3.8, 4) is 0 Å². The van der Waals surface area contributed by atoms with Crippen molar-refractivity contribution >= 4 is 40.3 Å². The van der Waals surface area contributed by atoms with Gasteiger partial charge in [-0.15, -0.1) is 11.8 Å². The van der Waals surface area contributed by atoms with E-state index >= 15 is 0 Å². The first-order chi connectivity index (χ1) is 17.4. The van der Waals surface area contributed by atoms with Gasteiger partial charge in [-0.05, 0) is 56.0 Å². The Morgan fingerprint density at radius 3 is 2.89 bits per heavy atom. The highest BCUT2D eigenvalue weighted by molar-refractivity contribution is 8.01. The van der Waals surface area contributed by atoms with Gasteiger partial charge in [0.1, 0.15) is 16.9 Å². The number of nitrogens with zero attached hydrogens (tertiary/aromatic N) is 4. The number of hydrogen-bond donors (Lipinski definition) is 0. The molecule has 188 valence electrons. The zero-order valence-corrected chi connectivity index (χ0v) is 21.3. The summed E-state index contributed by atoms with van der Waals surface area (Å²) in [4.78, 5) is 48.4. The second kappa shape index (κ2) is 11.5. The highest BCUT2D eigenvalue weighted by Crippen LogP contribution is 2.18. The second-order valence-corrected chi connectivity index (χ2v) is 9.00. The third-order valence-electron chi connectivity index (χ3n) is 5.79. The van der Waals surface area contributed by atoms with Crippen molar-refractivity contribution in [1.29, 1.82) is 0 Å². The molecule has 1 fully saturated rings. The van der Waals surface area contributed by atoms with E-state index in [1.807, 2.05) is 24.7 Å². The van der Waals surface area contributed by atoms with Crippen LogP contribution in [-0.4, -0.2) is 51.4 Å². The van der Waals surface area contributed by atoms with E-state index in [9.17, 15) is 14.4 Å². The predicted octanol–water partition coefficient (Wildman–Crippen LogP) is 3.17. The van der Waals surface area contributed by atoms with Crippen molar-refractivity contribution in [2.45, 2.75) is 39.3 Å². The minimum Gasteiger partial charge on any atom is -0.462 e. The van der Waals surface area contributed by atoms with Gasteiger partial charge in [0.05, 0.1) is 24.6 Å². The largest absolute Gasteiger partial charge is 0.462 e. The van der Waals surface area contributed by atoms with Gasteiger partial charge in [-0.25, -0.2) is 9.78 Å². The molecule has 0 unspecified atom stereocenters. The summed E-state index contributed by atoms with van der Waals surface area (Å²) >= 11 is 1.50. The zero-order chi connectivity index (χ0) is 25.7. The molecule has 0 bridgehead atoms. The predicted molar refractivity (Wildman–Crippen MR) is 139 cm³/mol. The van der Waals surface area contributed by atoms with Crippen LogP contribution in [0.5, 0.6) is 0 Å². The molecule has 36 heavy (non-hydrogen) atoms. The van der Waals surface area contributed by atoms with Crippen LogP contribution in [0.25, 0.3) is 16.7 Å². The Labute approximate surface area is 212 Å². The Hall–Kier alpha value is -3.50. The van der Waals surface area contributed by atoms with Gasteiger partial charge < -0.3 is 14.0 Å². The molecule has 3 aromatic rings. The number of carbonyl (C=O) groups excluding carboxylic acids is 2. The fourth-order valence-corrected chi connectivity index (χ4v) is 4.38. The van der Waals surface area contributed by atoms with Crippen molar-refractivity contribution < 1.29 is 19.1 Å². The Balaban J connectivity index is 2.07. The van der Waals surface area contributed by atoms with Crippen LogP contribution in [0.2, 0.25) is 0 Å². The number of thioether (sulfide) groups is 1. The standard InChI is InChI=1S/C26H28N4O5S/c1-4-34-26(33)20-15-19-23(28-22-17(2)9-7-12-29(22)25(19)32)30(16-18-10-8-13-35-18)24(20)27-21(31)11-5-6-14-36-3/h5-7,9,11-12,14-15,18H,4,8,10,13,16H2,1-3H3/b11-5+,14-6+,27-24?/t18-/m0/s1. The van der Waals surface area contributed by atoms with E-state index in [-0.39, 0.29) is 41.3 Å². The van der Waals surface area contributed by atoms with Crippen molar-refractivity contribution in [1.82, 2.24) is 14.0 Å². The van der Waals surface area contributed by atoms with Gasteiger partial charge in [0.25, 0.3) is 11.5 Å². The zero-order valence-electron chi connectivity index (χ0n) is 20.5. The normalized spacial score (nSPS) is 16.6. The van der Waals surface area contributed by atoms with Gasteiger partial charge in [0.2, 0.25) is 0 Å². The van der Waals surface area contributed by atoms with Crippen LogP contribution in [0.15, 0.2) is 57.8 Å². The molecular weight excluding hydrogens is 480 g/mol. The van der Waals surface area contributed by atoms with Crippen LogP contribution >= 0.6 is 11.8 Å². The van der Waals surface area contributed by atoms with Gasteiger partial charge in [-0.3, -0.25) is 14.0 Å². The maximum atomic E-state index is 13.5. The molecule has 10 heteroatoms. The van der Waals surface area contributed by atoms with Gasteiger partial charge in [-0.2, -0.15) is 4.99 Å². The maximum Gasteiger partial charge on any atom is 0.341 e. The Morgan fingerprint density at radius 2 is 2.17 bits per heavy atom. The summed E-state index contributed by atoms with van der Waals surface area (Å²) in [7, 11) is 0. The van der Waals surface area contributed by atoms with Gasteiger partial charge in [0, 0.05) is 18.9 Å². The molecule has 3 aromatic heterocycles. The molecule has 1 aliphatic rings. The average molecular weight is 509 g/mol. The quantitative estimate of drug-likeness (QED) is 0.209. The summed E-state index contributed by atoms with van der Waals surface area (Å²) in [6, 6.07) is 5.06. The van der Waals surface area contributed by atoms with Crippen molar-refractivity contribution in [3.63, 3.8) is 0 Å². The van der Waals surface area contributed by atoms with Gasteiger partial charge in [-0.1, -0.05) is 18.2 Å². The minimum atomic E-state index is -0.674. The number of aromatic nitrogens is 3. The number of amides is 1. The maximum absolute atomic E-state index is 13.5. The van der Waals surface area contributed by atoms with E-state index < -0.39 is 11.9 Å². The SMILES string of the molecule is CCOC(=O)c1cc2c(=O)n3cccc(C)c3nc2n(C[C@@H]2CCCO2)c1=NC(=O)/C=C/C=C/SC. The van der Waals surface area contributed by atoms with E-state index in [1.165, 1.54) is 28.3 Å². The number of rotatable bonds is 7. The first-order valence-electron chi connectivity index (χ1n) is 11.7. The van der Waals surface area contributed by atoms with E-state index in [1.54, 1.807) is 35.9 Å². The monoisotopic (exact) mass is 508 g/mol. The van der Waals surface area contributed by atoms with E-state index in [2.05, 4.69) is 4.99 Å². The molecule has 0 radical (unpaired) electrons. The van der Waals surface area contributed by atoms with Crippen molar-refractivity contribution in [3.05, 3.63) is 75.0 Å². The lowest BCUT2D eigenvalue weighted by atomic mass is 10.1. The molecule has 1 amide bonds. The Kier molecular flexibility index (Phi) is 8.17. The summed E-state index contributed by atoms with van der Waals surface area (Å²) in [5.41, 5.74) is 1.41. The van der Waals surface area contributed by atoms with Crippen LogP contribution in [-0.2, 0) is 20.8 Å². The molecule has 4 rings (SSSR count). The van der Waals surface area contributed by atoms with E-state index in [0.29, 0.717) is 17.9 Å². The van der Waals surface area contributed by atoms with Gasteiger partial charge >= 0.3 is 5.97 Å². The average Bonchev–Trinajstić information content (AvgIpc) is 3.37. The van der Waals surface area contributed by atoms with E-state index in [0.717, 1.165) is 18.4 Å². The fraction of sp³-hybridized carbons (Fsp3) is 0.346. The highest BCUT2D eigenvalue weighted by atomic mass is 32.2. The van der Waals surface area contributed by atoms with E-state index in [4.69, 9.17) is 14.5 Å². The van der Waals surface area contributed by atoms with Crippen LogP contribution in [0, 0.1) is 6.92 Å². The molecule has 1 aliphatic heterocycles. The first kappa shape index (κ1) is 25.6. The topological polar surface area (TPSA) is 104 Å². The molecular formula is C26H28N4O5S. The summed E-state index contributed by atoms with van der Waals surface area (Å²) in [5, 5.41) is 2.05. The summed E-state index contributed by atoms with van der Waals surface area (Å²) in [6.07, 6.45) is 9.70. The molecule has 0 saturated carbocycles. The van der Waals surface area contributed by atoms with Crippen molar-refractivity contribution in [2.24, 2.45) is 4.99 Å². The number of allylic oxidation sites excluding steroid dienone is 2. The smallest absolute Gasteiger partial charge is 0.341 e. The van der Waals surface area contributed by atoms with Crippen LogP contribution in [0.1, 0.15) is 35.7 Å². The number of pyridine rings is 2. The lowest BCUT2D eigenvalue weighted by Gasteiger charge is -2.18. The Morgan fingerprint density at radius 1 is 1.33 bits per heavy atom. The van der Waals surface area contributed by atoms with Crippen LogP contribution < -0.4 is 11.0 Å². The van der Waals surface area contributed by atoms with Crippen LogP contribution in [0.3, 0.4) is 0 Å². The molecule has 4 heterocycles. The lowest BCUT2D eigenvalue weighted by Crippen LogP contribution is -2.35. The molecule has 9 nitrogen and oxygen atoms in total. The third-order valence-corrected chi connectivity index (χ3v) is 6.22. The molecule has 0 spiro atoms. The fourth-order valence-electron chi connectivity index (χ4n) is 4.14. The molecule has 1 saturated heterocycles. The lowest BCUT2D eigenvalue weighted by molar-refractivity contribution is -0.113. The number of hydrogen-bond acceptors (Lipinski definition) is 7. The van der Waals surface area contributed by atoms with Crippen LogP contribution in [0.4, 0.5) is 0 Å².